The van der Waals surface area contributed by atoms with Crippen molar-refractivity contribution < 1.29 is 4.74 Å². The van der Waals surface area contributed by atoms with Crippen molar-refractivity contribution in [1.29, 1.82) is 0 Å². The van der Waals surface area contributed by atoms with Crippen molar-refractivity contribution in [3.63, 3.8) is 0 Å². The van der Waals surface area contributed by atoms with E-state index in [0.717, 1.165) is 40.3 Å². The molecule has 1 aliphatic heterocycles. The van der Waals surface area contributed by atoms with E-state index in [4.69, 9.17) is 22.1 Å². The maximum atomic E-state index is 6.48. The molecular formula is C17H17BrClNO. The Labute approximate surface area is 138 Å². The smallest absolute Gasteiger partial charge is 0.122 e. The standard InChI is InChI=1S/C17H17BrClNO/c18-12-6-5-11(15(19)10-12)9-16(20)13-7-8-21-17-4-2-1-3-14(13)17/h1-6,10,13,16H,7-9,20H2. The maximum absolute atomic E-state index is 6.48. The van der Waals surface area contributed by atoms with E-state index < -0.39 is 0 Å². The molecule has 110 valence electrons. The summed E-state index contributed by atoms with van der Waals surface area (Å²) in [7, 11) is 0. The van der Waals surface area contributed by atoms with Crippen molar-refractivity contribution in [2.75, 3.05) is 6.61 Å². The van der Waals surface area contributed by atoms with E-state index in [9.17, 15) is 0 Å². The Morgan fingerprint density at radius 3 is 2.90 bits per heavy atom. The van der Waals surface area contributed by atoms with E-state index >= 15 is 0 Å². The third kappa shape index (κ3) is 3.25. The first-order valence-electron chi connectivity index (χ1n) is 7.06. The molecule has 2 unspecified atom stereocenters. The van der Waals surface area contributed by atoms with Gasteiger partial charge in [-0.25, -0.2) is 0 Å². The van der Waals surface area contributed by atoms with Crippen molar-refractivity contribution in [1.82, 2.24) is 0 Å². The summed E-state index contributed by atoms with van der Waals surface area (Å²) in [4.78, 5) is 0. The third-order valence-electron chi connectivity index (χ3n) is 3.99. The first-order valence-corrected chi connectivity index (χ1v) is 8.23. The molecule has 0 amide bonds. The lowest BCUT2D eigenvalue weighted by Crippen LogP contribution is -2.34. The van der Waals surface area contributed by atoms with Crippen molar-refractivity contribution in [2.24, 2.45) is 5.73 Å². The fourth-order valence-corrected chi connectivity index (χ4v) is 3.65. The van der Waals surface area contributed by atoms with Crippen LogP contribution in [-0.4, -0.2) is 12.6 Å². The Bertz CT molecular complexity index is 646. The predicted molar refractivity (Wildman–Crippen MR) is 90.1 cm³/mol. The SMILES string of the molecule is NC(Cc1ccc(Br)cc1Cl)C1CCOc2ccccc21. The Kier molecular flexibility index (Phi) is 4.53. The average Bonchev–Trinajstić information content (AvgIpc) is 2.49. The fraction of sp³-hybridized carbons (Fsp3) is 0.294. The zero-order chi connectivity index (χ0) is 14.8. The Morgan fingerprint density at radius 2 is 2.10 bits per heavy atom. The van der Waals surface area contributed by atoms with Crippen LogP contribution in [0.2, 0.25) is 5.02 Å². The molecule has 2 aromatic rings. The van der Waals surface area contributed by atoms with Crippen LogP contribution in [0.4, 0.5) is 0 Å². The number of hydrogen-bond donors (Lipinski definition) is 1. The van der Waals surface area contributed by atoms with Crippen LogP contribution in [0, 0.1) is 0 Å². The molecule has 0 saturated carbocycles. The molecule has 0 radical (unpaired) electrons. The molecule has 1 heterocycles. The third-order valence-corrected chi connectivity index (χ3v) is 4.84. The first-order chi connectivity index (χ1) is 10.1. The molecule has 0 fully saturated rings. The van der Waals surface area contributed by atoms with E-state index in [1.165, 1.54) is 5.56 Å². The second-order valence-corrected chi connectivity index (χ2v) is 6.71. The van der Waals surface area contributed by atoms with Gasteiger partial charge in [-0.05, 0) is 42.2 Å². The Balaban J connectivity index is 1.81. The minimum atomic E-state index is 0.0359. The molecule has 0 bridgehead atoms. The van der Waals surface area contributed by atoms with Gasteiger partial charge in [0.1, 0.15) is 5.75 Å². The number of hydrogen-bond acceptors (Lipinski definition) is 2. The predicted octanol–water partition coefficient (Wildman–Crippen LogP) is 4.54. The molecule has 2 aromatic carbocycles. The zero-order valence-electron chi connectivity index (χ0n) is 11.6. The summed E-state index contributed by atoms with van der Waals surface area (Å²) < 4.78 is 6.69. The van der Waals surface area contributed by atoms with Gasteiger partial charge in [0.25, 0.3) is 0 Å². The van der Waals surface area contributed by atoms with E-state index in [1.54, 1.807) is 0 Å². The van der Waals surface area contributed by atoms with Gasteiger partial charge < -0.3 is 10.5 Å². The summed E-state index contributed by atoms with van der Waals surface area (Å²) in [6.45, 7) is 0.726. The highest BCUT2D eigenvalue weighted by molar-refractivity contribution is 9.10. The molecule has 0 aromatic heterocycles. The maximum Gasteiger partial charge on any atom is 0.122 e. The van der Waals surface area contributed by atoms with Crippen LogP contribution in [0.5, 0.6) is 5.75 Å². The van der Waals surface area contributed by atoms with Crippen LogP contribution in [0.1, 0.15) is 23.5 Å². The molecule has 2 atom stereocenters. The first kappa shape index (κ1) is 14.9. The van der Waals surface area contributed by atoms with Crippen LogP contribution >= 0.6 is 27.5 Å². The second kappa shape index (κ2) is 6.39. The zero-order valence-corrected chi connectivity index (χ0v) is 13.9. The van der Waals surface area contributed by atoms with Crippen LogP contribution < -0.4 is 10.5 Å². The number of halogens is 2. The van der Waals surface area contributed by atoms with Crippen molar-refractivity contribution in [2.45, 2.75) is 24.8 Å². The minimum Gasteiger partial charge on any atom is -0.493 e. The minimum absolute atomic E-state index is 0.0359. The molecule has 0 saturated heterocycles. The van der Waals surface area contributed by atoms with Crippen LogP contribution in [-0.2, 0) is 6.42 Å². The number of nitrogens with two attached hydrogens (primary N) is 1. The Morgan fingerprint density at radius 1 is 1.29 bits per heavy atom. The monoisotopic (exact) mass is 365 g/mol. The molecule has 0 spiro atoms. The van der Waals surface area contributed by atoms with E-state index in [2.05, 4.69) is 22.0 Å². The number of ether oxygens (including phenoxy) is 1. The van der Waals surface area contributed by atoms with Gasteiger partial charge in [0, 0.05) is 21.5 Å². The average molecular weight is 367 g/mol. The van der Waals surface area contributed by atoms with E-state index in [0.29, 0.717) is 5.92 Å². The largest absolute Gasteiger partial charge is 0.493 e. The summed E-state index contributed by atoms with van der Waals surface area (Å²) in [5.41, 5.74) is 8.78. The highest BCUT2D eigenvalue weighted by atomic mass is 79.9. The van der Waals surface area contributed by atoms with Gasteiger partial charge in [-0.1, -0.05) is 51.8 Å². The van der Waals surface area contributed by atoms with Gasteiger partial charge in [0.15, 0.2) is 0 Å². The quantitative estimate of drug-likeness (QED) is 0.865. The summed E-state index contributed by atoms with van der Waals surface area (Å²) in [6.07, 6.45) is 1.72. The van der Waals surface area contributed by atoms with Gasteiger partial charge in [-0.15, -0.1) is 0 Å². The molecular weight excluding hydrogens is 350 g/mol. The lowest BCUT2D eigenvalue weighted by molar-refractivity contribution is 0.254. The second-order valence-electron chi connectivity index (χ2n) is 5.39. The molecule has 21 heavy (non-hydrogen) atoms. The van der Waals surface area contributed by atoms with Crippen molar-refractivity contribution in [3.8, 4) is 5.75 Å². The highest BCUT2D eigenvalue weighted by Gasteiger charge is 2.27. The Hall–Kier alpha value is -1.03. The summed E-state index contributed by atoms with van der Waals surface area (Å²) >= 11 is 9.73. The van der Waals surface area contributed by atoms with Gasteiger partial charge >= 0.3 is 0 Å². The molecule has 0 aliphatic carbocycles. The highest BCUT2D eigenvalue weighted by Crippen LogP contribution is 2.36. The van der Waals surface area contributed by atoms with Gasteiger partial charge in [-0.3, -0.25) is 0 Å². The molecule has 4 heteroatoms. The lowest BCUT2D eigenvalue weighted by atomic mass is 9.84. The van der Waals surface area contributed by atoms with Crippen LogP contribution in [0.25, 0.3) is 0 Å². The number of fused-ring (bicyclic) bond motifs is 1. The van der Waals surface area contributed by atoms with Gasteiger partial charge in [-0.2, -0.15) is 0 Å². The molecule has 1 aliphatic rings. The molecule has 2 N–H and O–H groups in total. The summed E-state index contributed by atoms with van der Waals surface area (Å²) in [5, 5.41) is 0.764. The van der Waals surface area contributed by atoms with Crippen molar-refractivity contribution >= 4 is 27.5 Å². The number of rotatable bonds is 3. The number of benzene rings is 2. The fourth-order valence-electron chi connectivity index (χ4n) is 2.90. The summed E-state index contributed by atoms with van der Waals surface area (Å²) in [6, 6.07) is 14.2. The normalized spacial score (nSPS) is 18.7. The molecule has 3 rings (SSSR count). The van der Waals surface area contributed by atoms with E-state index in [-0.39, 0.29) is 6.04 Å². The van der Waals surface area contributed by atoms with Crippen LogP contribution in [0.15, 0.2) is 46.9 Å². The molecule has 2 nitrogen and oxygen atoms in total. The van der Waals surface area contributed by atoms with Crippen LogP contribution in [0.3, 0.4) is 0 Å². The topological polar surface area (TPSA) is 35.2 Å². The van der Waals surface area contributed by atoms with Gasteiger partial charge in [0.2, 0.25) is 0 Å². The lowest BCUT2D eigenvalue weighted by Gasteiger charge is -2.30. The van der Waals surface area contributed by atoms with E-state index in [1.807, 2.05) is 36.4 Å². The number of para-hydroxylation sites is 1. The van der Waals surface area contributed by atoms with Crippen molar-refractivity contribution in [3.05, 3.63) is 63.1 Å². The van der Waals surface area contributed by atoms with Gasteiger partial charge in [0.05, 0.1) is 6.61 Å². The summed E-state index contributed by atoms with van der Waals surface area (Å²) in [5.74, 6) is 1.28.